The maximum Gasteiger partial charge on any atom is 0.309 e. The van der Waals surface area contributed by atoms with Crippen LogP contribution in [0.1, 0.15) is 56.0 Å². The van der Waals surface area contributed by atoms with Crippen LogP contribution in [-0.4, -0.2) is 41.5 Å². The van der Waals surface area contributed by atoms with Gasteiger partial charge in [-0.3, -0.25) is 9.59 Å². The van der Waals surface area contributed by atoms with Crippen molar-refractivity contribution in [3.8, 4) is 0 Å². The lowest BCUT2D eigenvalue weighted by Gasteiger charge is -2.30. The van der Waals surface area contributed by atoms with Crippen molar-refractivity contribution in [3.63, 3.8) is 0 Å². The molecule has 0 aromatic carbocycles. The summed E-state index contributed by atoms with van der Waals surface area (Å²) in [6, 6.07) is -0.328. The molecule has 1 atom stereocenters. The zero-order chi connectivity index (χ0) is 17.0. The van der Waals surface area contributed by atoms with Crippen molar-refractivity contribution < 1.29 is 18.7 Å². The number of carbonyl (C=O) groups is 2. The van der Waals surface area contributed by atoms with Gasteiger partial charge in [-0.15, -0.1) is 0 Å². The monoisotopic (exact) mass is 323 g/mol. The molecule has 0 saturated carbocycles. The molecule has 1 aliphatic rings. The molecule has 0 bridgehead atoms. The number of nitrogens with zero attached hydrogens (tertiary/aromatic N) is 2. The molecule has 1 aromatic rings. The number of likely N-dealkylation sites (tertiary alicyclic amines) is 1. The van der Waals surface area contributed by atoms with Crippen LogP contribution in [0.15, 0.2) is 10.7 Å². The molecule has 1 aromatic heterocycles. The zero-order valence-electron chi connectivity index (χ0n) is 13.9. The number of ether oxygens (including phenoxy) is 1. The van der Waals surface area contributed by atoms with Gasteiger partial charge in [0.1, 0.15) is 6.26 Å². The number of aromatic nitrogens is 1. The van der Waals surface area contributed by atoms with Gasteiger partial charge in [-0.25, -0.2) is 4.98 Å². The number of oxazole rings is 1. The van der Waals surface area contributed by atoms with E-state index in [1.54, 1.807) is 11.8 Å². The summed E-state index contributed by atoms with van der Waals surface area (Å²) in [5, 5.41) is 0. The largest absolute Gasteiger partial charge is 0.466 e. The molecule has 1 aliphatic heterocycles. The van der Waals surface area contributed by atoms with Crippen LogP contribution in [0.2, 0.25) is 0 Å². The lowest BCUT2D eigenvalue weighted by atomic mass is 9.97. The SMILES string of the molecule is CCOC(=O)C1CCN(C(=O)c2coc(C(N)C(C)C)n2)CC1. The fourth-order valence-electron chi connectivity index (χ4n) is 2.56. The van der Waals surface area contributed by atoms with Crippen LogP contribution in [0.4, 0.5) is 0 Å². The number of hydrogen-bond acceptors (Lipinski definition) is 6. The summed E-state index contributed by atoms with van der Waals surface area (Å²) >= 11 is 0. The number of carbonyl (C=O) groups excluding carboxylic acids is 2. The van der Waals surface area contributed by atoms with Crippen molar-refractivity contribution in [2.75, 3.05) is 19.7 Å². The summed E-state index contributed by atoms with van der Waals surface area (Å²) in [6.07, 6.45) is 2.58. The van der Waals surface area contributed by atoms with Crippen LogP contribution in [-0.2, 0) is 9.53 Å². The van der Waals surface area contributed by atoms with E-state index < -0.39 is 0 Å². The van der Waals surface area contributed by atoms with Gasteiger partial charge in [-0.05, 0) is 25.7 Å². The van der Waals surface area contributed by atoms with Crippen LogP contribution in [0, 0.1) is 11.8 Å². The highest BCUT2D eigenvalue weighted by Gasteiger charge is 2.30. The smallest absolute Gasteiger partial charge is 0.309 e. The second-order valence-electron chi connectivity index (χ2n) is 6.16. The molecule has 0 radical (unpaired) electrons. The Morgan fingerprint density at radius 2 is 2.09 bits per heavy atom. The number of nitrogens with two attached hydrogens (primary N) is 1. The van der Waals surface area contributed by atoms with Gasteiger partial charge in [-0.1, -0.05) is 13.8 Å². The van der Waals surface area contributed by atoms with E-state index in [4.69, 9.17) is 14.9 Å². The normalized spacial score (nSPS) is 17.3. The van der Waals surface area contributed by atoms with Gasteiger partial charge >= 0.3 is 5.97 Å². The lowest BCUT2D eigenvalue weighted by Crippen LogP contribution is -2.40. The van der Waals surface area contributed by atoms with E-state index in [9.17, 15) is 9.59 Å². The Labute approximate surface area is 136 Å². The lowest BCUT2D eigenvalue weighted by molar-refractivity contribution is -0.149. The highest BCUT2D eigenvalue weighted by molar-refractivity contribution is 5.92. The van der Waals surface area contributed by atoms with Crippen LogP contribution in [0.5, 0.6) is 0 Å². The first-order chi connectivity index (χ1) is 10.9. The van der Waals surface area contributed by atoms with Crippen LogP contribution < -0.4 is 5.73 Å². The van der Waals surface area contributed by atoms with Gasteiger partial charge in [0.15, 0.2) is 5.69 Å². The van der Waals surface area contributed by atoms with Crippen LogP contribution in [0.3, 0.4) is 0 Å². The van der Waals surface area contributed by atoms with Gasteiger partial charge in [0, 0.05) is 13.1 Å². The Hall–Kier alpha value is -1.89. The third-order valence-corrected chi connectivity index (χ3v) is 4.15. The van der Waals surface area contributed by atoms with Gasteiger partial charge < -0.3 is 19.8 Å². The Morgan fingerprint density at radius 3 is 2.65 bits per heavy atom. The molecule has 1 saturated heterocycles. The number of hydrogen-bond donors (Lipinski definition) is 1. The molecule has 7 heteroatoms. The number of piperidine rings is 1. The van der Waals surface area contributed by atoms with E-state index in [0.29, 0.717) is 38.4 Å². The molecule has 1 unspecified atom stereocenters. The maximum absolute atomic E-state index is 12.5. The van der Waals surface area contributed by atoms with E-state index >= 15 is 0 Å². The van der Waals surface area contributed by atoms with Crippen LogP contribution >= 0.6 is 0 Å². The Morgan fingerprint density at radius 1 is 1.43 bits per heavy atom. The number of amides is 1. The molecule has 23 heavy (non-hydrogen) atoms. The summed E-state index contributed by atoms with van der Waals surface area (Å²) in [5.74, 6) is 0.0763. The molecule has 1 fully saturated rings. The van der Waals surface area contributed by atoms with Crippen LogP contribution in [0.25, 0.3) is 0 Å². The second kappa shape index (κ2) is 7.59. The summed E-state index contributed by atoms with van der Waals surface area (Å²) in [6.45, 7) is 7.14. The predicted octanol–water partition coefficient (Wildman–Crippen LogP) is 1.75. The van der Waals surface area contributed by atoms with Crippen molar-refractivity contribution in [2.45, 2.75) is 39.7 Å². The van der Waals surface area contributed by atoms with Crippen molar-refractivity contribution in [2.24, 2.45) is 17.6 Å². The molecule has 0 spiro atoms. The second-order valence-corrected chi connectivity index (χ2v) is 6.16. The highest BCUT2D eigenvalue weighted by Crippen LogP contribution is 2.22. The molecule has 7 nitrogen and oxygen atoms in total. The minimum Gasteiger partial charge on any atom is -0.466 e. The number of rotatable bonds is 5. The molecular weight excluding hydrogens is 298 g/mol. The van der Waals surface area contributed by atoms with E-state index in [1.165, 1.54) is 6.26 Å². The minimum atomic E-state index is -0.328. The standard InChI is InChI=1S/C16H25N3O4/c1-4-22-16(21)11-5-7-19(8-6-11)15(20)12-9-23-14(18-12)13(17)10(2)3/h9-11,13H,4-8,17H2,1-3H3. The molecule has 0 aliphatic carbocycles. The van der Waals surface area contributed by atoms with Gasteiger partial charge in [0.25, 0.3) is 5.91 Å². The molecule has 2 heterocycles. The first-order valence-electron chi connectivity index (χ1n) is 8.11. The quantitative estimate of drug-likeness (QED) is 0.829. The Kier molecular flexibility index (Phi) is 5.76. The van der Waals surface area contributed by atoms with E-state index in [-0.39, 0.29) is 35.4 Å². The molecule has 2 rings (SSSR count). The summed E-state index contributed by atoms with van der Waals surface area (Å²) in [4.78, 5) is 30.1. The van der Waals surface area contributed by atoms with Crippen molar-refractivity contribution in [3.05, 3.63) is 17.8 Å². The maximum atomic E-state index is 12.5. The Bertz CT molecular complexity index is 547. The van der Waals surface area contributed by atoms with Gasteiger partial charge in [-0.2, -0.15) is 0 Å². The van der Waals surface area contributed by atoms with E-state index in [0.717, 1.165) is 0 Å². The topological polar surface area (TPSA) is 98.7 Å². The molecule has 1 amide bonds. The van der Waals surface area contributed by atoms with Crippen molar-refractivity contribution >= 4 is 11.9 Å². The Balaban J connectivity index is 1.94. The summed E-state index contributed by atoms with van der Waals surface area (Å²) < 4.78 is 10.4. The van der Waals surface area contributed by atoms with E-state index in [1.807, 2.05) is 13.8 Å². The van der Waals surface area contributed by atoms with Crippen molar-refractivity contribution in [1.29, 1.82) is 0 Å². The summed E-state index contributed by atoms with van der Waals surface area (Å²) in [5.41, 5.74) is 6.25. The third-order valence-electron chi connectivity index (χ3n) is 4.15. The third kappa shape index (κ3) is 4.10. The van der Waals surface area contributed by atoms with Gasteiger partial charge in [0.05, 0.1) is 18.6 Å². The first kappa shape index (κ1) is 17.5. The average Bonchev–Trinajstić information content (AvgIpc) is 3.03. The highest BCUT2D eigenvalue weighted by atomic mass is 16.5. The molecule has 2 N–H and O–H groups in total. The fourth-order valence-corrected chi connectivity index (χ4v) is 2.56. The van der Waals surface area contributed by atoms with E-state index in [2.05, 4.69) is 4.98 Å². The fraction of sp³-hybridized carbons (Fsp3) is 0.688. The predicted molar refractivity (Wildman–Crippen MR) is 83.5 cm³/mol. The molecular formula is C16H25N3O4. The van der Waals surface area contributed by atoms with Crippen molar-refractivity contribution in [1.82, 2.24) is 9.88 Å². The average molecular weight is 323 g/mol. The van der Waals surface area contributed by atoms with Gasteiger partial charge in [0.2, 0.25) is 5.89 Å². The zero-order valence-corrected chi connectivity index (χ0v) is 13.9. The molecule has 128 valence electrons. The summed E-state index contributed by atoms with van der Waals surface area (Å²) in [7, 11) is 0. The minimum absolute atomic E-state index is 0.124. The number of esters is 1. The first-order valence-corrected chi connectivity index (χ1v) is 8.11.